The van der Waals surface area contributed by atoms with Crippen molar-refractivity contribution in [1.82, 2.24) is 19.3 Å². The van der Waals surface area contributed by atoms with Gasteiger partial charge in [0.1, 0.15) is 17.0 Å². The Morgan fingerprint density at radius 3 is 2.59 bits per heavy atom. The molecule has 0 aliphatic rings. The van der Waals surface area contributed by atoms with Gasteiger partial charge in [-0.3, -0.25) is 19.6 Å². The topological polar surface area (TPSA) is 117 Å². The summed E-state index contributed by atoms with van der Waals surface area (Å²) in [4.78, 5) is 29.2. The minimum Gasteiger partial charge on any atom is -0.494 e. The van der Waals surface area contributed by atoms with E-state index >= 15 is 0 Å². The average molecular weight is 398 g/mol. The number of rotatable bonds is 7. The van der Waals surface area contributed by atoms with Gasteiger partial charge in [0.05, 0.1) is 18.3 Å². The lowest BCUT2D eigenvalue weighted by molar-refractivity contribution is 0.0995. The number of carbonyl (C=O) groups excluding carboxylic acids is 2. The highest BCUT2D eigenvalue weighted by Crippen LogP contribution is 2.31. The van der Waals surface area contributed by atoms with E-state index in [1.54, 1.807) is 22.9 Å². The Bertz CT molecular complexity index is 1080. The minimum absolute atomic E-state index is 0.284. The molecule has 3 N–H and O–H groups in total. The molecule has 154 valence electrons. The number of fused-ring (bicyclic) bond motifs is 1. The van der Waals surface area contributed by atoms with Gasteiger partial charge in [-0.15, -0.1) is 0 Å². The number of methoxy groups -OCH3 is 1. The molecule has 0 aliphatic carbocycles. The molecule has 9 heteroatoms. The van der Waals surface area contributed by atoms with E-state index in [1.165, 1.54) is 7.11 Å². The van der Waals surface area contributed by atoms with Gasteiger partial charge in [0.15, 0.2) is 0 Å². The molecular weight excluding hydrogens is 372 g/mol. The Morgan fingerprint density at radius 2 is 2.00 bits per heavy atom. The summed E-state index contributed by atoms with van der Waals surface area (Å²) in [5.74, 6) is 0.255. The maximum atomic E-state index is 12.9. The third-order valence-corrected chi connectivity index (χ3v) is 4.52. The second-order valence-corrected chi connectivity index (χ2v) is 7.29. The molecule has 0 saturated heterocycles. The SMILES string of the molecule is CCn1nc(C)cc1C(=O)Nc1nc2cc(C(N)=O)cc(OC)c2n1CC(C)C. The van der Waals surface area contributed by atoms with Crippen LogP contribution in [0.3, 0.4) is 0 Å². The zero-order valence-electron chi connectivity index (χ0n) is 17.3. The van der Waals surface area contributed by atoms with Crippen molar-refractivity contribution in [2.45, 2.75) is 40.8 Å². The van der Waals surface area contributed by atoms with Crippen LogP contribution in [0.1, 0.15) is 47.3 Å². The molecule has 3 rings (SSSR count). The average Bonchev–Trinajstić information content (AvgIpc) is 3.20. The summed E-state index contributed by atoms with van der Waals surface area (Å²) in [6.45, 7) is 9.08. The predicted octanol–water partition coefficient (Wildman–Crippen LogP) is 2.58. The van der Waals surface area contributed by atoms with Gasteiger partial charge in [0.2, 0.25) is 11.9 Å². The van der Waals surface area contributed by atoms with Crippen molar-refractivity contribution in [3.05, 3.63) is 35.2 Å². The molecule has 2 heterocycles. The molecule has 0 atom stereocenters. The lowest BCUT2D eigenvalue weighted by atomic mass is 10.1. The second-order valence-electron chi connectivity index (χ2n) is 7.29. The van der Waals surface area contributed by atoms with Crippen molar-refractivity contribution in [3.8, 4) is 5.75 Å². The number of aryl methyl sites for hydroxylation is 2. The van der Waals surface area contributed by atoms with Crippen molar-refractivity contribution in [2.75, 3.05) is 12.4 Å². The number of anilines is 1. The molecular formula is C20H26N6O3. The van der Waals surface area contributed by atoms with E-state index in [1.807, 2.05) is 18.4 Å². The molecule has 0 aliphatic heterocycles. The Balaban J connectivity index is 2.13. The third kappa shape index (κ3) is 3.94. The van der Waals surface area contributed by atoms with Gasteiger partial charge in [-0.2, -0.15) is 5.10 Å². The number of primary amides is 1. The van der Waals surface area contributed by atoms with E-state index in [0.717, 1.165) is 5.69 Å². The molecule has 0 bridgehead atoms. The fourth-order valence-electron chi connectivity index (χ4n) is 3.30. The zero-order chi connectivity index (χ0) is 21.3. The van der Waals surface area contributed by atoms with Gasteiger partial charge in [0.25, 0.3) is 5.91 Å². The van der Waals surface area contributed by atoms with Crippen molar-refractivity contribution >= 4 is 28.8 Å². The summed E-state index contributed by atoms with van der Waals surface area (Å²) in [7, 11) is 1.52. The number of imidazole rings is 1. The Morgan fingerprint density at radius 1 is 1.28 bits per heavy atom. The van der Waals surface area contributed by atoms with E-state index in [2.05, 4.69) is 29.2 Å². The summed E-state index contributed by atoms with van der Waals surface area (Å²) in [5.41, 5.74) is 8.17. The van der Waals surface area contributed by atoms with Crippen LogP contribution in [0.15, 0.2) is 18.2 Å². The smallest absolute Gasteiger partial charge is 0.276 e. The lowest BCUT2D eigenvalue weighted by Gasteiger charge is -2.14. The van der Waals surface area contributed by atoms with Crippen LogP contribution >= 0.6 is 0 Å². The fourth-order valence-corrected chi connectivity index (χ4v) is 3.30. The molecule has 0 fully saturated rings. The molecule has 2 amide bonds. The van der Waals surface area contributed by atoms with Gasteiger partial charge >= 0.3 is 0 Å². The molecule has 9 nitrogen and oxygen atoms in total. The molecule has 2 aromatic heterocycles. The number of aromatic nitrogens is 4. The molecule has 3 aromatic rings. The highest BCUT2D eigenvalue weighted by molar-refractivity contribution is 6.04. The van der Waals surface area contributed by atoms with Crippen LogP contribution < -0.4 is 15.8 Å². The summed E-state index contributed by atoms with van der Waals surface area (Å²) >= 11 is 0. The van der Waals surface area contributed by atoms with E-state index < -0.39 is 5.91 Å². The molecule has 1 aromatic carbocycles. The van der Waals surface area contributed by atoms with Crippen molar-refractivity contribution < 1.29 is 14.3 Å². The van der Waals surface area contributed by atoms with E-state index in [4.69, 9.17) is 10.5 Å². The van der Waals surface area contributed by atoms with Gasteiger partial charge in [-0.1, -0.05) is 13.8 Å². The maximum Gasteiger partial charge on any atom is 0.276 e. The Kier molecular flexibility index (Phi) is 5.58. The van der Waals surface area contributed by atoms with Crippen LogP contribution in [0.4, 0.5) is 5.95 Å². The van der Waals surface area contributed by atoms with Gasteiger partial charge in [-0.05, 0) is 38.0 Å². The highest BCUT2D eigenvalue weighted by atomic mass is 16.5. The number of nitrogens with one attached hydrogen (secondary N) is 1. The molecule has 0 spiro atoms. The molecule has 0 saturated carbocycles. The van der Waals surface area contributed by atoms with E-state index in [9.17, 15) is 9.59 Å². The van der Waals surface area contributed by atoms with Crippen LogP contribution in [0.2, 0.25) is 0 Å². The first kappa shape index (κ1) is 20.4. The normalized spacial score (nSPS) is 11.2. The second kappa shape index (κ2) is 7.94. The standard InChI is InChI=1S/C20H26N6O3/c1-6-26-15(7-12(4)24-26)19(28)23-20-22-14-8-13(18(21)27)9-16(29-5)17(14)25(20)10-11(2)3/h7-9,11H,6,10H2,1-5H3,(H2,21,27)(H,22,23,28). The number of ether oxygens (including phenoxy) is 1. The van der Waals surface area contributed by atoms with Crippen LogP contribution in [-0.4, -0.2) is 38.3 Å². The fraction of sp³-hybridized carbons (Fsp3) is 0.400. The molecule has 29 heavy (non-hydrogen) atoms. The Hall–Kier alpha value is -3.36. The number of benzene rings is 1. The Labute approximate surface area is 168 Å². The van der Waals surface area contributed by atoms with E-state index in [0.29, 0.717) is 47.1 Å². The van der Waals surface area contributed by atoms with Crippen LogP contribution in [0, 0.1) is 12.8 Å². The number of amides is 2. The highest BCUT2D eigenvalue weighted by Gasteiger charge is 2.21. The van der Waals surface area contributed by atoms with Crippen LogP contribution in [0.5, 0.6) is 5.75 Å². The number of hydrogen-bond acceptors (Lipinski definition) is 5. The largest absolute Gasteiger partial charge is 0.494 e. The summed E-state index contributed by atoms with van der Waals surface area (Å²) < 4.78 is 9.02. The van der Waals surface area contributed by atoms with Gasteiger partial charge < -0.3 is 15.0 Å². The first-order valence-electron chi connectivity index (χ1n) is 9.49. The summed E-state index contributed by atoms with van der Waals surface area (Å²) in [6, 6.07) is 4.93. The van der Waals surface area contributed by atoms with Crippen molar-refractivity contribution in [3.63, 3.8) is 0 Å². The lowest BCUT2D eigenvalue weighted by Crippen LogP contribution is -2.20. The van der Waals surface area contributed by atoms with Gasteiger partial charge in [0, 0.05) is 18.7 Å². The third-order valence-electron chi connectivity index (χ3n) is 4.52. The minimum atomic E-state index is -0.573. The maximum absolute atomic E-state index is 12.9. The van der Waals surface area contributed by atoms with Crippen molar-refractivity contribution in [2.24, 2.45) is 11.7 Å². The zero-order valence-corrected chi connectivity index (χ0v) is 17.3. The molecule has 0 unspecified atom stereocenters. The first-order valence-corrected chi connectivity index (χ1v) is 9.49. The van der Waals surface area contributed by atoms with Crippen LogP contribution in [-0.2, 0) is 13.1 Å². The summed E-state index contributed by atoms with van der Waals surface area (Å²) in [5, 5.41) is 7.21. The number of nitrogens with zero attached hydrogens (tertiary/aromatic N) is 4. The quantitative estimate of drug-likeness (QED) is 0.634. The first-order chi connectivity index (χ1) is 13.7. The summed E-state index contributed by atoms with van der Waals surface area (Å²) in [6.07, 6.45) is 0. The number of hydrogen-bond donors (Lipinski definition) is 2. The van der Waals surface area contributed by atoms with Crippen LogP contribution in [0.25, 0.3) is 11.0 Å². The van der Waals surface area contributed by atoms with Crippen molar-refractivity contribution in [1.29, 1.82) is 0 Å². The molecule has 0 radical (unpaired) electrons. The van der Waals surface area contributed by atoms with Gasteiger partial charge in [-0.25, -0.2) is 4.98 Å². The number of carbonyl (C=O) groups is 2. The van der Waals surface area contributed by atoms with E-state index in [-0.39, 0.29) is 11.8 Å². The monoisotopic (exact) mass is 398 g/mol. The number of nitrogens with two attached hydrogens (primary N) is 1. The predicted molar refractivity (Wildman–Crippen MR) is 110 cm³/mol.